The number of anilines is 2. The molecule has 0 spiro atoms. The van der Waals surface area contributed by atoms with Gasteiger partial charge >= 0.3 is 0 Å². The van der Waals surface area contributed by atoms with Crippen LogP contribution in [0.3, 0.4) is 0 Å². The van der Waals surface area contributed by atoms with E-state index >= 15 is 0 Å². The molecule has 4 rings (SSSR count). The summed E-state index contributed by atoms with van der Waals surface area (Å²) in [6.45, 7) is 7.63. The maximum atomic E-state index is 13.6. The Morgan fingerprint density at radius 2 is 1.77 bits per heavy atom. The fourth-order valence-electron chi connectivity index (χ4n) is 4.18. The SMILES string of the molecule is C[C@H]1Nc2ccc(F)cc2[C@H]1CCN1CCN(c2ccccc2)CC1.Cl. The number of nitrogens with zero attached hydrogens (tertiary/aromatic N) is 2. The summed E-state index contributed by atoms with van der Waals surface area (Å²) in [4.78, 5) is 5.00. The van der Waals surface area contributed by atoms with Crippen LogP contribution in [0, 0.1) is 5.82 Å². The first kappa shape index (κ1) is 19.0. The lowest BCUT2D eigenvalue weighted by Crippen LogP contribution is -2.47. The predicted octanol–water partition coefficient (Wildman–Crippen LogP) is 4.36. The van der Waals surface area contributed by atoms with E-state index in [4.69, 9.17) is 0 Å². The van der Waals surface area contributed by atoms with E-state index in [2.05, 4.69) is 52.4 Å². The van der Waals surface area contributed by atoms with Crippen molar-refractivity contribution in [1.29, 1.82) is 0 Å². The molecule has 26 heavy (non-hydrogen) atoms. The lowest BCUT2D eigenvalue weighted by molar-refractivity contribution is 0.247. The minimum absolute atomic E-state index is 0. The molecule has 3 nitrogen and oxygen atoms in total. The summed E-state index contributed by atoms with van der Waals surface area (Å²) in [5.74, 6) is 0.272. The fourth-order valence-corrected chi connectivity index (χ4v) is 4.18. The molecule has 0 aliphatic carbocycles. The van der Waals surface area contributed by atoms with Gasteiger partial charge in [-0.3, -0.25) is 4.90 Å². The van der Waals surface area contributed by atoms with Crippen molar-refractivity contribution in [2.75, 3.05) is 42.9 Å². The lowest BCUT2D eigenvalue weighted by atomic mass is 9.92. The molecule has 2 aromatic carbocycles. The second-order valence-corrected chi connectivity index (χ2v) is 7.22. The molecule has 0 aromatic heterocycles. The maximum Gasteiger partial charge on any atom is 0.123 e. The van der Waals surface area contributed by atoms with Gasteiger partial charge in [0.2, 0.25) is 0 Å². The van der Waals surface area contributed by atoms with Crippen LogP contribution in [0.25, 0.3) is 0 Å². The molecule has 1 fully saturated rings. The number of halogens is 2. The van der Waals surface area contributed by atoms with Gasteiger partial charge in [0.15, 0.2) is 0 Å². The maximum absolute atomic E-state index is 13.6. The Balaban J connectivity index is 0.00000196. The van der Waals surface area contributed by atoms with Crippen LogP contribution in [-0.2, 0) is 0 Å². The Hall–Kier alpha value is -1.78. The monoisotopic (exact) mass is 375 g/mol. The van der Waals surface area contributed by atoms with Crippen LogP contribution >= 0.6 is 12.4 Å². The average molecular weight is 376 g/mol. The van der Waals surface area contributed by atoms with Crippen LogP contribution in [0.1, 0.15) is 24.8 Å². The van der Waals surface area contributed by atoms with Gasteiger partial charge in [0.05, 0.1) is 0 Å². The number of para-hydroxylation sites is 1. The smallest absolute Gasteiger partial charge is 0.123 e. The van der Waals surface area contributed by atoms with Gasteiger partial charge in [0.1, 0.15) is 5.82 Å². The van der Waals surface area contributed by atoms with Gasteiger partial charge in [-0.2, -0.15) is 0 Å². The molecule has 5 heteroatoms. The molecule has 0 amide bonds. The Morgan fingerprint density at radius 1 is 1.04 bits per heavy atom. The highest BCUT2D eigenvalue weighted by molar-refractivity contribution is 5.85. The van der Waals surface area contributed by atoms with Crippen molar-refractivity contribution in [3.05, 3.63) is 59.9 Å². The number of hydrogen-bond donors (Lipinski definition) is 1. The van der Waals surface area contributed by atoms with E-state index < -0.39 is 0 Å². The Kier molecular flexibility index (Phi) is 6.05. The minimum atomic E-state index is -0.129. The molecule has 1 saturated heterocycles. The van der Waals surface area contributed by atoms with Gasteiger partial charge in [0.25, 0.3) is 0 Å². The van der Waals surface area contributed by atoms with Gasteiger partial charge < -0.3 is 10.2 Å². The van der Waals surface area contributed by atoms with E-state index in [1.807, 2.05) is 6.07 Å². The first-order valence-corrected chi connectivity index (χ1v) is 9.29. The average Bonchev–Trinajstić information content (AvgIpc) is 2.96. The minimum Gasteiger partial charge on any atom is -0.382 e. The number of hydrogen-bond acceptors (Lipinski definition) is 3. The summed E-state index contributed by atoms with van der Waals surface area (Å²) >= 11 is 0. The first-order chi connectivity index (χ1) is 12.2. The van der Waals surface area contributed by atoms with Gasteiger partial charge in [-0.05, 0) is 55.8 Å². The Morgan fingerprint density at radius 3 is 2.50 bits per heavy atom. The van der Waals surface area contributed by atoms with Crippen molar-refractivity contribution < 1.29 is 4.39 Å². The molecular formula is C21H27ClFN3. The largest absolute Gasteiger partial charge is 0.382 e. The molecule has 0 saturated carbocycles. The van der Waals surface area contributed by atoms with Crippen LogP contribution in [0.5, 0.6) is 0 Å². The molecule has 2 atom stereocenters. The summed E-state index contributed by atoms with van der Waals surface area (Å²) in [6.07, 6.45) is 1.08. The number of benzene rings is 2. The third-order valence-electron chi connectivity index (χ3n) is 5.65. The number of fused-ring (bicyclic) bond motifs is 1. The Labute approximate surface area is 161 Å². The zero-order valence-electron chi connectivity index (χ0n) is 15.2. The van der Waals surface area contributed by atoms with Crippen molar-refractivity contribution in [3.8, 4) is 0 Å². The lowest BCUT2D eigenvalue weighted by Gasteiger charge is -2.36. The summed E-state index contributed by atoms with van der Waals surface area (Å²) in [6, 6.07) is 16.2. The Bertz CT molecular complexity index is 716. The van der Waals surface area contributed by atoms with E-state index in [-0.39, 0.29) is 18.2 Å². The van der Waals surface area contributed by atoms with Crippen molar-refractivity contribution in [3.63, 3.8) is 0 Å². The summed E-state index contributed by atoms with van der Waals surface area (Å²) in [5.41, 5.74) is 3.57. The van der Waals surface area contributed by atoms with E-state index in [1.54, 1.807) is 12.1 Å². The van der Waals surface area contributed by atoms with E-state index in [1.165, 1.54) is 5.69 Å². The molecule has 2 aliphatic heterocycles. The fraction of sp³-hybridized carbons (Fsp3) is 0.429. The van der Waals surface area contributed by atoms with Gasteiger partial charge in [0, 0.05) is 49.5 Å². The van der Waals surface area contributed by atoms with Crippen LogP contribution in [0.2, 0.25) is 0 Å². The highest BCUT2D eigenvalue weighted by Gasteiger charge is 2.29. The molecule has 0 radical (unpaired) electrons. The summed E-state index contributed by atoms with van der Waals surface area (Å²) < 4.78 is 13.6. The second kappa shape index (κ2) is 8.28. The quantitative estimate of drug-likeness (QED) is 0.856. The standard InChI is InChI=1S/C21H26FN3.ClH/c1-16-19(20-15-17(22)7-8-21(20)23-16)9-10-24-11-13-25(14-12-24)18-5-3-2-4-6-18;/h2-8,15-16,19,23H,9-14H2,1H3;1H/t16-,19+;/m1./s1. The van der Waals surface area contributed by atoms with E-state index in [0.29, 0.717) is 12.0 Å². The van der Waals surface area contributed by atoms with Crippen molar-refractivity contribution in [2.45, 2.75) is 25.3 Å². The van der Waals surface area contributed by atoms with Gasteiger partial charge in [-0.1, -0.05) is 18.2 Å². The summed E-state index contributed by atoms with van der Waals surface area (Å²) in [5, 5.41) is 3.50. The van der Waals surface area contributed by atoms with E-state index in [9.17, 15) is 4.39 Å². The van der Waals surface area contributed by atoms with E-state index in [0.717, 1.165) is 50.4 Å². The normalized spacial score (nSPS) is 22.5. The second-order valence-electron chi connectivity index (χ2n) is 7.22. The number of rotatable bonds is 4. The predicted molar refractivity (Wildman–Crippen MR) is 109 cm³/mol. The molecule has 1 N–H and O–H groups in total. The van der Waals surface area contributed by atoms with Crippen LogP contribution in [0.4, 0.5) is 15.8 Å². The topological polar surface area (TPSA) is 18.5 Å². The van der Waals surface area contributed by atoms with Gasteiger partial charge in [-0.25, -0.2) is 4.39 Å². The van der Waals surface area contributed by atoms with Gasteiger partial charge in [-0.15, -0.1) is 12.4 Å². The highest BCUT2D eigenvalue weighted by Crippen LogP contribution is 2.38. The third kappa shape index (κ3) is 3.97. The molecule has 0 unspecified atom stereocenters. The van der Waals surface area contributed by atoms with Crippen molar-refractivity contribution >= 4 is 23.8 Å². The molecule has 2 aliphatic rings. The van der Waals surface area contributed by atoms with Crippen LogP contribution in [0.15, 0.2) is 48.5 Å². The molecule has 2 heterocycles. The number of piperazine rings is 1. The zero-order valence-corrected chi connectivity index (χ0v) is 16.0. The van der Waals surface area contributed by atoms with Crippen molar-refractivity contribution in [2.24, 2.45) is 0 Å². The zero-order chi connectivity index (χ0) is 17.2. The number of nitrogens with one attached hydrogen (secondary N) is 1. The molecular weight excluding hydrogens is 349 g/mol. The molecule has 2 aromatic rings. The first-order valence-electron chi connectivity index (χ1n) is 9.29. The third-order valence-corrected chi connectivity index (χ3v) is 5.65. The summed E-state index contributed by atoms with van der Waals surface area (Å²) in [7, 11) is 0. The van der Waals surface area contributed by atoms with Crippen LogP contribution in [-0.4, -0.2) is 43.7 Å². The highest BCUT2D eigenvalue weighted by atomic mass is 35.5. The van der Waals surface area contributed by atoms with Crippen LogP contribution < -0.4 is 10.2 Å². The van der Waals surface area contributed by atoms with Crippen molar-refractivity contribution in [1.82, 2.24) is 4.90 Å². The molecule has 140 valence electrons. The molecule has 0 bridgehead atoms.